The lowest BCUT2D eigenvalue weighted by Gasteiger charge is -2.36. The van der Waals surface area contributed by atoms with Gasteiger partial charge in [-0.05, 0) is 47.8 Å². The second-order valence-electron chi connectivity index (χ2n) is 6.28. The molecule has 8 heteroatoms. The minimum Gasteiger partial charge on any atom is -0.369 e. The first-order chi connectivity index (χ1) is 12.2. The molecule has 3 rings (SSSR count). The molecule has 0 saturated heterocycles. The van der Waals surface area contributed by atoms with E-state index >= 15 is 0 Å². The Kier molecular flexibility index (Phi) is 4.90. The molecule has 2 atom stereocenters. The molecule has 0 spiro atoms. The minimum absolute atomic E-state index is 0.238. The van der Waals surface area contributed by atoms with Crippen LogP contribution in [-0.2, 0) is 15.2 Å². The number of halogens is 1. The number of hydrogen-bond donors (Lipinski definition) is 1. The highest BCUT2D eigenvalue weighted by molar-refractivity contribution is 9.10. The van der Waals surface area contributed by atoms with E-state index in [4.69, 9.17) is 5.73 Å². The molecule has 1 aliphatic rings. The molecule has 26 heavy (non-hydrogen) atoms. The van der Waals surface area contributed by atoms with Gasteiger partial charge in [0, 0.05) is 44.8 Å². The number of nitrogens with zero attached hydrogens (tertiary/aromatic N) is 3. The Morgan fingerprint density at radius 2 is 2.19 bits per heavy atom. The number of nitrogens with two attached hydrogens (primary N) is 1. The van der Waals surface area contributed by atoms with Gasteiger partial charge in [0.25, 0.3) is 0 Å². The summed E-state index contributed by atoms with van der Waals surface area (Å²) in [6, 6.07) is 4.03. The average Bonchev–Trinajstić information content (AvgIpc) is 2.96. The molecule has 0 bridgehead atoms. The molecule has 3 heterocycles. The van der Waals surface area contributed by atoms with Crippen molar-refractivity contribution in [2.24, 2.45) is 10.7 Å². The van der Waals surface area contributed by atoms with E-state index < -0.39 is 15.2 Å². The molecule has 136 valence electrons. The van der Waals surface area contributed by atoms with Crippen LogP contribution in [0.5, 0.6) is 0 Å². The molecule has 0 fully saturated rings. The van der Waals surface area contributed by atoms with Gasteiger partial charge in [0.2, 0.25) is 5.96 Å². The Morgan fingerprint density at radius 3 is 2.85 bits per heavy atom. The van der Waals surface area contributed by atoms with Crippen molar-refractivity contribution in [3.63, 3.8) is 0 Å². The molecule has 0 radical (unpaired) electrons. The van der Waals surface area contributed by atoms with Gasteiger partial charge in [-0.1, -0.05) is 5.92 Å². The predicted molar refractivity (Wildman–Crippen MR) is 115 cm³/mol. The molecule has 0 aromatic carbocycles. The van der Waals surface area contributed by atoms with Crippen molar-refractivity contribution < 1.29 is 4.21 Å². The number of guanidine groups is 1. The Balaban J connectivity index is 2.09. The SMILES string of the molecule is C=S1(=O)C[C@@](C)(c2sc(-c3cncc(C#CC)c3)cc2Br)N=C(N)N1C. The number of aliphatic imine (C=N–C) groups is 1. The summed E-state index contributed by atoms with van der Waals surface area (Å²) in [6.45, 7) is 3.74. The van der Waals surface area contributed by atoms with E-state index in [9.17, 15) is 4.21 Å². The van der Waals surface area contributed by atoms with E-state index in [2.05, 4.69) is 43.6 Å². The van der Waals surface area contributed by atoms with Crippen LogP contribution in [0.25, 0.3) is 10.4 Å². The third-order valence-corrected chi connectivity index (χ3v) is 8.68. The standard InChI is InChI=1S/C18H19BrN4OS2/c1-5-6-12-7-13(10-21-9-12)15-8-14(19)16(25-15)18(2)11-26(4,24)23(3)17(20)22-18/h7-10H,4,11H2,1-3H3,(H2,20,22)/t18-,26?/m0/s1. The zero-order valence-corrected chi connectivity index (χ0v) is 18.0. The first-order valence-electron chi connectivity index (χ1n) is 7.78. The normalized spacial score (nSPS) is 25.4. The molecular formula is C18H19BrN4OS2. The highest BCUT2D eigenvalue weighted by atomic mass is 79.9. The summed E-state index contributed by atoms with van der Waals surface area (Å²) in [5, 5.41) is 0. The van der Waals surface area contributed by atoms with Crippen molar-refractivity contribution >= 4 is 48.8 Å². The molecule has 1 aliphatic heterocycles. The average molecular weight is 451 g/mol. The van der Waals surface area contributed by atoms with Gasteiger partial charge in [0.15, 0.2) is 0 Å². The van der Waals surface area contributed by atoms with Crippen LogP contribution < -0.4 is 5.73 Å². The van der Waals surface area contributed by atoms with Crippen molar-refractivity contribution in [2.75, 3.05) is 12.8 Å². The maximum Gasteiger partial charge on any atom is 0.203 e. The zero-order chi connectivity index (χ0) is 19.1. The fraction of sp³-hybridized carbons (Fsp3) is 0.278. The lowest BCUT2D eigenvalue weighted by Crippen LogP contribution is -2.50. The van der Waals surface area contributed by atoms with Crippen LogP contribution in [0.1, 0.15) is 24.3 Å². The smallest absolute Gasteiger partial charge is 0.203 e. The van der Waals surface area contributed by atoms with Crippen LogP contribution in [0.4, 0.5) is 0 Å². The predicted octanol–water partition coefficient (Wildman–Crippen LogP) is 3.05. The van der Waals surface area contributed by atoms with Crippen LogP contribution in [-0.4, -0.2) is 38.1 Å². The van der Waals surface area contributed by atoms with Crippen molar-refractivity contribution in [2.45, 2.75) is 19.4 Å². The monoisotopic (exact) mass is 450 g/mol. The summed E-state index contributed by atoms with van der Waals surface area (Å²) in [4.78, 5) is 10.9. The van der Waals surface area contributed by atoms with Gasteiger partial charge in [-0.2, -0.15) is 0 Å². The third-order valence-electron chi connectivity index (χ3n) is 4.16. The fourth-order valence-corrected chi connectivity index (χ4v) is 6.77. The van der Waals surface area contributed by atoms with Gasteiger partial charge in [-0.15, -0.1) is 17.3 Å². The Hall–Kier alpha value is -1.82. The molecule has 2 aromatic heterocycles. The molecule has 0 amide bonds. The van der Waals surface area contributed by atoms with E-state index in [1.165, 1.54) is 4.31 Å². The summed E-state index contributed by atoms with van der Waals surface area (Å²) in [6.07, 6.45) is 3.55. The summed E-state index contributed by atoms with van der Waals surface area (Å²) >= 11 is 5.21. The highest BCUT2D eigenvalue weighted by Gasteiger charge is 2.39. The lowest BCUT2D eigenvalue weighted by atomic mass is 10.0. The first-order valence-corrected chi connectivity index (χ1v) is 11.2. The molecular weight excluding hydrogens is 432 g/mol. The second kappa shape index (κ2) is 6.72. The third kappa shape index (κ3) is 3.39. The molecule has 0 saturated carbocycles. The van der Waals surface area contributed by atoms with Crippen molar-refractivity contribution in [1.82, 2.24) is 9.29 Å². The lowest BCUT2D eigenvalue weighted by molar-refractivity contribution is 0.520. The van der Waals surface area contributed by atoms with Crippen molar-refractivity contribution in [3.05, 3.63) is 39.4 Å². The van der Waals surface area contributed by atoms with Crippen LogP contribution in [0, 0.1) is 11.8 Å². The highest BCUT2D eigenvalue weighted by Crippen LogP contribution is 2.44. The van der Waals surface area contributed by atoms with Crippen LogP contribution >= 0.6 is 27.3 Å². The molecule has 0 aliphatic carbocycles. The largest absolute Gasteiger partial charge is 0.369 e. The van der Waals surface area contributed by atoms with E-state index in [1.807, 2.05) is 25.3 Å². The Morgan fingerprint density at radius 1 is 1.46 bits per heavy atom. The van der Waals surface area contributed by atoms with Gasteiger partial charge in [-0.3, -0.25) is 9.29 Å². The van der Waals surface area contributed by atoms with Gasteiger partial charge in [0.05, 0.1) is 15.5 Å². The van der Waals surface area contributed by atoms with Gasteiger partial charge < -0.3 is 5.73 Å². The minimum atomic E-state index is -2.52. The van der Waals surface area contributed by atoms with Gasteiger partial charge in [-0.25, -0.2) is 9.20 Å². The second-order valence-corrected chi connectivity index (χ2v) is 10.6. The quantitative estimate of drug-likeness (QED) is 0.564. The number of aromatic nitrogens is 1. The maximum atomic E-state index is 12.9. The molecule has 5 nitrogen and oxygen atoms in total. The maximum absolute atomic E-state index is 12.9. The van der Waals surface area contributed by atoms with Crippen molar-refractivity contribution in [1.29, 1.82) is 0 Å². The summed E-state index contributed by atoms with van der Waals surface area (Å²) in [5.74, 6) is 10.3. The molecule has 2 N–H and O–H groups in total. The van der Waals surface area contributed by atoms with Crippen molar-refractivity contribution in [3.8, 4) is 22.3 Å². The van der Waals surface area contributed by atoms with Crippen LogP contribution in [0.2, 0.25) is 0 Å². The van der Waals surface area contributed by atoms with E-state index in [0.29, 0.717) is 5.75 Å². The Bertz CT molecular complexity index is 1060. The van der Waals surface area contributed by atoms with Crippen LogP contribution in [0.3, 0.4) is 0 Å². The molecule has 2 aromatic rings. The summed E-state index contributed by atoms with van der Waals surface area (Å²) in [7, 11) is -0.859. The fourth-order valence-electron chi connectivity index (χ4n) is 2.84. The topological polar surface area (TPSA) is 71.6 Å². The van der Waals surface area contributed by atoms with E-state index in [0.717, 1.165) is 25.4 Å². The van der Waals surface area contributed by atoms with Crippen LogP contribution in [0.15, 0.2) is 34.0 Å². The summed E-state index contributed by atoms with van der Waals surface area (Å²) < 4.78 is 15.2. The number of rotatable bonds is 2. The number of hydrogen-bond acceptors (Lipinski definition) is 5. The number of pyridine rings is 1. The van der Waals surface area contributed by atoms with E-state index in [-0.39, 0.29) is 5.96 Å². The molecule has 1 unspecified atom stereocenters. The van der Waals surface area contributed by atoms with Gasteiger partial charge >= 0.3 is 0 Å². The summed E-state index contributed by atoms with van der Waals surface area (Å²) in [5.41, 5.74) is 7.15. The Labute approximate surface area is 166 Å². The first kappa shape index (κ1) is 19.0. The number of thiophene rings is 1. The van der Waals surface area contributed by atoms with Gasteiger partial charge in [0.1, 0.15) is 5.54 Å². The van der Waals surface area contributed by atoms with E-state index in [1.54, 1.807) is 31.5 Å². The zero-order valence-electron chi connectivity index (χ0n) is 14.7.